The van der Waals surface area contributed by atoms with Crippen molar-refractivity contribution in [3.63, 3.8) is 0 Å². The number of hydrogen-bond donors (Lipinski definition) is 1. The van der Waals surface area contributed by atoms with Crippen LogP contribution in [0.25, 0.3) is 10.9 Å². The van der Waals surface area contributed by atoms with Crippen LogP contribution in [0.4, 0.5) is 0 Å². The standard InChI is InChI=1S/C18H19N3O4/c1-24-17-9-5-2-6-13(17)11-25-12-14(22)10-21-18(23)15-7-3-4-8-16(15)19-20-21/h2-9,14,22H,10-12H2,1H3/t14-/m1/s1. The van der Waals surface area contributed by atoms with Gasteiger partial charge < -0.3 is 14.6 Å². The van der Waals surface area contributed by atoms with Crippen LogP contribution in [0.5, 0.6) is 5.75 Å². The molecule has 130 valence electrons. The fourth-order valence-corrected chi connectivity index (χ4v) is 2.52. The van der Waals surface area contributed by atoms with E-state index in [1.165, 1.54) is 0 Å². The molecule has 1 aromatic heterocycles. The topological polar surface area (TPSA) is 86.5 Å². The zero-order valence-corrected chi connectivity index (χ0v) is 13.8. The minimum atomic E-state index is -0.872. The number of para-hydroxylation sites is 1. The third-order valence-corrected chi connectivity index (χ3v) is 3.77. The molecule has 0 aliphatic carbocycles. The molecule has 0 aliphatic rings. The highest BCUT2D eigenvalue weighted by molar-refractivity contribution is 5.76. The molecule has 0 saturated heterocycles. The number of methoxy groups -OCH3 is 1. The highest BCUT2D eigenvalue weighted by Gasteiger charge is 2.11. The molecule has 0 amide bonds. The average molecular weight is 341 g/mol. The first kappa shape index (κ1) is 17.1. The van der Waals surface area contributed by atoms with E-state index in [1.807, 2.05) is 24.3 Å². The number of aliphatic hydroxyl groups is 1. The SMILES string of the molecule is COc1ccccc1COC[C@H](O)Cn1nnc2ccccc2c1=O. The van der Waals surface area contributed by atoms with E-state index < -0.39 is 6.10 Å². The van der Waals surface area contributed by atoms with Crippen molar-refractivity contribution >= 4 is 10.9 Å². The summed E-state index contributed by atoms with van der Waals surface area (Å²) >= 11 is 0. The first-order chi connectivity index (χ1) is 12.2. The Bertz CT molecular complexity index is 910. The number of aromatic nitrogens is 3. The second-order valence-corrected chi connectivity index (χ2v) is 5.57. The normalized spacial score (nSPS) is 12.2. The summed E-state index contributed by atoms with van der Waals surface area (Å²) in [6, 6.07) is 14.5. The average Bonchev–Trinajstić information content (AvgIpc) is 2.64. The number of hydrogen-bond acceptors (Lipinski definition) is 6. The summed E-state index contributed by atoms with van der Waals surface area (Å²) in [6.45, 7) is 0.390. The summed E-state index contributed by atoms with van der Waals surface area (Å²) in [5.74, 6) is 0.730. The Kier molecular flexibility index (Phi) is 5.37. The lowest BCUT2D eigenvalue weighted by atomic mass is 10.2. The van der Waals surface area contributed by atoms with Crippen molar-refractivity contribution in [3.05, 3.63) is 64.4 Å². The molecule has 2 aromatic carbocycles. The monoisotopic (exact) mass is 341 g/mol. The number of benzene rings is 2. The van der Waals surface area contributed by atoms with Gasteiger partial charge in [0.15, 0.2) is 0 Å². The molecule has 0 aliphatic heterocycles. The van der Waals surface area contributed by atoms with E-state index in [0.29, 0.717) is 17.5 Å². The van der Waals surface area contributed by atoms with Gasteiger partial charge in [-0.15, -0.1) is 5.10 Å². The second-order valence-electron chi connectivity index (χ2n) is 5.57. The Labute approximate surface area is 144 Å². The molecular formula is C18H19N3O4. The minimum Gasteiger partial charge on any atom is -0.496 e. The summed E-state index contributed by atoms with van der Waals surface area (Å²) in [5.41, 5.74) is 1.14. The molecule has 3 rings (SSSR count). The Hall–Kier alpha value is -2.77. The molecule has 7 heteroatoms. The zero-order chi connectivity index (χ0) is 17.6. The van der Waals surface area contributed by atoms with Crippen LogP contribution in [0.1, 0.15) is 5.56 Å². The van der Waals surface area contributed by atoms with Gasteiger partial charge in [-0.25, -0.2) is 4.68 Å². The maximum atomic E-state index is 12.3. The van der Waals surface area contributed by atoms with Crippen LogP contribution >= 0.6 is 0 Å². The lowest BCUT2D eigenvalue weighted by molar-refractivity contribution is 0.0171. The van der Waals surface area contributed by atoms with Gasteiger partial charge in [-0.2, -0.15) is 0 Å². The van der Waals surface area contributed by atoms with Crippen LogP contribution in [-0.4, -0.2) is 39.9 Å². The maximum absolute atomic E-state index is 12.3. The van der Waals surface area contributed by atoms with Crippen LogP contribution in [0.3, 0.4) is 0 Å². The summed E-state index contributed by atoms with van der Waals surface area (Å²) in [4.78, 5) is 12.3. The van der Waals surface area contributed by atoms with Gasteiger partial charge in [-0.3, -0.25) is 4.79 Å². The number of ether oxygens (including phenoxy) is 2. The lowest BCUT2D eigenvalue weighted by Crippen LogP contribution is -2.31. The fourth-order valence-electron chi connectivity index (χ4n) is 2.52. The van der Waals surface area contributed by atoms with Gasteiger partial charge in [-0.05, 0) is 18.2 Å². The number of aliphatic hydroxyl groups excluding tert-OH is 1. The van der Waals surface area contributed by atoms with Crippen molar-refractivity contribution in [1.29, 1.82) is 0 Å². The maximum Gasteiger partial charge on any atom is 0.277 e. The first-order valence-corrected chi connectivity index (χ1v) is 7.89. The first-order valence-electron chi connectivity index (χ1n) is 7.89. The van der Waals surface area contributed by atoms with E-state index >= 15 is 0 Å². The van der Waals surface area contributed by atoms with Crippen molar-refractivity contribution in [1.82, 2.24) is 15.0 Å². The largest absolute Gasteiger partial charge is 0.496 e. The number of fused-ring (bicyclic) bond motifs is 1. The quantitative estimate of drug-likeness (QED) is 0.699. The van der Waals surface area contributed by atoms with Gasteiger partial charge in [0, 0.05) is 5.56 Å². The van der Waals surface area contributed by atoms with E-state index in [0.717, 1.165) is 16.0 Å². The highest BCUT2D eigenvalue weighted by atomic mass is 16.5. The molecule has 0 unspecified atom stereocenters. The predicted octanol–water partition coefficient (Wildman–Crippen LogP) is 1.38. The Morgan fingerprint density at radius 1 is 1.16 bits per heavy atom. The molecule has 0 bridgehead atoms. The third-order valence-electron chi connectivity index (χ3n) is 3.77. The fraction of sp³-hybridized carbons (Fsp3) is 0.278. The summed E-state index contributed by atoms with van der Waals surface area (Å²) < 4.78 is 11.9. The van der Waals surface area contributed by atoms with Gasteiger partial charge in [0.2, 0.25) is 0 Å². The minimum absolute atomic E-state index is 0.0165. The van der Waals surface area contributed by atoms with Gasteiger partial charge in [0.05, 0.1) is 38.4 Å². The second kappa shape index (κ2) is 7.87. The third kappa shape index (κ3) is 4.01. The van der Waals surface area contributed by atoms with Crippen molar-refractivity contribution in [2.75, 3.05) is 13.7 Å². The van der Waals surface area contributed by atoms with Gasteiger partial charge >= 0.3 is 0 Å². The molecule has 1 atom stereocenters. The Morgan fingerprint density at radius 2 is 1.92 bits per heavy atom. The molecule has 25 heavy (non-hydrogen) atoms. The van der Waals surface area contributed by atoms with E-state index in [9.17, 15) is 9.90 Å². The molecule has 1 N–H and O–H groups in total. The zero-order valence-electron chi connectivity index (χ0n) is 13.8. The van der Waals surface area contributed by atoms with Crippen LogP contribution in [-0.2, 0) is 17.9 Å². The van der Waals surface area contributed by atoms with Crippen molar-refractivity contribution in [3.8, 4) is 5.75 Å². The van der Waals surface area contributed by atoms with E-state index in [2.05, 4.69) is 10.3 Å². The molecule has 3 aromatic rings. The lowest BCUT2D eigenvalue weighted by Gasteiger charge is -2.13. The number of nitrogens with zero attached hydrogens (tertiary/aromatic N) is 3. The van der Waals surface area contributed by atoms with E-state index in [4.69, 9.17) is 9.47 Å². The summed E-state index contributed by atoms with van der Waals surface area (Å²) in [5, 5.41) is 18.4. The Morgan fingerprint density at radius 3 is 2.76 bits per heavy atom. The van der Waals surface area contributed by atoms with Crippen LogP contribution in [0, 0.1) is 0 Å². The van der Waals surface area contributed by atoms with Crippen molar-refractivity contribution < 1.29 is 14.6 Å². The molecule has 0 fully saturated rings. The van der Waals surface area contributed by atoms with E-state index in [1.54, 1.807) is 31.4 Å². The van der Waals surface area contributed by atoms with Crippen LogP contribution in [0.2, 0.25) is 0 Å². The van der Waals surface area contributed by atoms with Gasteiger partial charge in [0.25, 0.3) is 5.56 Å². The summed E-state index contributed by atoms with van der Waals surface area (Å²) in [6.07, 6.45) is -0.872. The van der Waals surface area contributed by atoms with Crippen LogP contribution in [0.15, 0.2) is 53.3 Å². The molecular weight excluding hydrogens is 322 g/mol. The van der Waals surface area contributed by atoms with Crippen molar-refractivity contribution in [2.45, 2.75) is 19.3 Å². The molecule has 0 spiro atoms. The van der Waals surface area contributed by atoms with Crippen LogP contribution < -0.4 is 10.3 Å². The highest BCUT2D eigenvalue weighted by Crippen LogP contribution is 2.18. The Balaban J connectivity index is 1.60. The smallest absolute Gasteiger partial charge is 0.277 e. The molecule has 1 heterocycles. The van der Waals surface area contributed by atoms with Crippen molar-refractivity contribution in [2.24, 2.45) is 0 Å². The number of rotatable bonds is 7. The molecule has 0 saturated carbocycles. The van der Waals surface area contributed by atoms with E-state index in [-0.39, 0.29) is 18.7 Å². The van der Waals surface area contributed by atoms with Gasteiger partial charge in [0.1, 0.15) is 11.3 Å². The molecule has 0 radical (unpaired) electrons. The van der Waals surface area contributed by atoms with Gasteiger partial charge in [-0.1, -0.05) is 35.5 Å². The summed E-state index contributed by atoms with van der Waals surface area (Å²) in [7, 11) is 1.60. The predicted molar refractivity (Wildman–Crippen MR) is 92.5 cm³/mol. The molecule has 7 nitrogen and oxygen atoms in total.